The number of hydrogen-bond donors (Lipinski definition) is 3. The molecule has 0 aliphatic heterocycles. The Morgan fingerprint density at radius 1 is 1.43 bits per heavy atom. The first-order valence-electron chi connectivity index (χ1n) is 4.64. The minimum absolute atomic E-state index is 0.217. The summed E-state index contributed by atoms with van der Waals surface area (Å²) < 4.78 is 0. The van der Waals surface area contributed by atoms with Crippen LogP contribution in [0.25, 0.3) is 0 Å². The van der Waals surface area contributed by atoms with E-state index < -0.39 is 17.4 Å². The van der Waals surface area contributed by atoms with Gasteiger partial charge in [-0.05, 0) is 20.3 Å². The number of primary amides is 1. The van der Waals surface area contributed by atoms with Gasteiger partial charge in [0.25, 0.3) is 0 Å². The molecule has 0 aliphatic carbocycles. The Kier molecular flexibility index (Phi) is 4.56. The van der Waals surface area contributed by atoms with E-state index in [1.54, 1.807) is 13.8 Å². The first-order valence-corrected chi connectivity index (χ1v) is 4.64. The minimum Gasteiger partial charge on any atom is -0.369 e. The number of rotatable bonds is 5. The molecule has 2 amide bonds. The minimum atomic E-state index is -0.733. The molecule has 0 saturated heterocycles. The third-order valence-electron chi connectivity index (χ3n) is 2.15. The zero-order valence-electron chi connectivity index (χ0n) is 8.96. The van der Waals surface area contributed by atoms with Gasteiger partial charge in [0.05, 0.1) is 11.5 Å². The van der Waals surface area contributed by atoms with Gasteiger partial charge in [-0.15, -0.1) is 0 Å². The molecule has 0 fully saturated rings. The van der Waals surface area contributed by atoms with Gasteiger partial charge in [0.15, 0.2) is 0 Å². The molecule has 0 aromatic carbocycles. The maximum absolute atomic E-state index is 11.3. The lowest BCUT2D eigenvalue weighted by Crippen LogP contribution is -2.47. The second kappa shape index (κ2) is 4.95. The Morgan fingerprint density at radius 3 is 2.29 bits per heavy atom. The zero-order valence-corrected chi connectivity index (χ0v) is 8.96. The normalized spacial score (nSPS) is 13.4. The van der Waals surface area contributed by atoms with Crippen molar-refractivity contribution in [1.29, 1.82) is 0 Å². The Bertz CT molecular complexity index is 226. The maximum atomic E-state index is 11.3. The number of carbonyl (C=O) groups is 2. The van der Waals surface area contributed by atoms with Crippen LogP contribution < -0.4 is 16.8 Å². The van der Waals surface area contributed by atoms with Gasteiger partial charge in [0, 0.05) is 6.54 Å². The highest BCUT2D eigenvalue weighted by Crippen LogP contribution is 2.11. The highest BCUT2D eigenvalue weighted by atomic mass is 16.2. The molecule has 5 N–H and O–H groups in total. The van der Waals surface area contributed by atoms with Crippen LogP contribution in [0.3, 0.4) is 0 Å². The van der Waals surface area contributed by atoms with Crippen molar-refractivity contribution in [2.24, 2.45) is 16.9 Å². The predicted octanol–water partition coefficient (Wildman–Crippen LogP) is -0.649. The van der Waals surface area contributed by atoms with Gasteiger partial charge < -0.3 is 16.8 Å². The predicted molar refractivity (Wildman–Crippen MR) is 54.3 cm³/mol. The van der Waals surface area contributed by atoms with Gasteiger partial charge in [0.2, 0.25) is 11.8 Å². The summed E-state index contributed by atoms with van der Waals surface area (Å²) in [6.07, 6.45) is 0.572. The first kappa shape index (κ1) is 12.9. The molecular formula is C9H19N3O2. The summed E-state index contributed by atoms with van der Waals surface area (Å²) in [7, 11) is 0. The van der Waals surface area contributed by atoms with E-state index in [1.165, 1.54) is 0 Å². The summed E-state index contributed by atoms with van der Waals surface area (Å²) in [6.45, 7) is 5.39. The lowest BCUT2D eigenvalue weighted by Gasteiger charge is -2.21. The fourth-order valence-corrected chi connectivity index (χ4v) is 0.712. The van der Waals surface area contributed by atoms with E-state index in [4.69, 9.17) is 11.5 Å². The van der Waals surface area contributed by atoms with Crippen LogP contribution in [0.1, 0.15) is 27.2 Å². The van der Waals surface area contributed by atoms with Gasteiger partial charge in [-0.25, -0.2) is 0 Å². The maximum Gasteiger partial charge on any atom is 0.236 e. The zero-order chi connectivity index (χ0) is 11.4. The number of hydrogen-bond acceptors (Lipinski definition) is 3. The molecule has 0 aromatic rings. The van der Waals surface area contributed by atoms with Gasteiger partial charge in [-0.1, -0.05) is 6.92 Å². The standard InChI is InChI=1S/C9H19N3O2/c1-4-6(10)7(13)12-5-9(2,3)8(11)14/h6H,4-5,10H2,1-3H3,(H2,11,14)(H,12,13)/t6-/m1/s1. The molecule has 0 spiro atoms. The van der Waals surface area contributed by atoms with Crippen LogP contribution in [0.4, 0.5) is 0 Å². The Hall–Kier alpha value is -1.10. The van der Waals surface area contributed by atoms with Crippen LogP contribution in [0.2, 0.25) is 0 Å². The topological polar surface area (TPSA) is 98.2 Å². The molecule has 5 heteroatoms. The van der Waals surface area contributed by atoms with Crippen molar-refractivity contribution in [3.05, 3.63) is 0 Å². The molecule has 0 bridgehead atoms. The molecule has 0 saturated carbocycles. The van der Waals surface area contributed by atoms with Gasteiger partial charge in [-0.3, -0.25) is 9.59 Å². The van der Waals surface area contributed by atoms with E-state index >= 15 is 0 Å². The number of nitrogens with one attached hydrogen (secondary N) is 1. The molecule has 1 atom stereocenters. The van der Waals surface area contributed by atoms with Crippen LogP contribution in [0, 0.1) is 5.41 Å². The number of carbonyl (C=O) groups excluding carboxylic acids is 2. The van der Waals surface area contributed by atoms with E-state index in [-0.39, 0.29) is 12.5 Å². The van der Waals surface area contributed by atoms with Crippen molar-refractivity contribution in [2.45, 2.75) is 33.2 Å². The van der Waals surface area contributed by atoms with E-state index in [0.29, 0.717) is 6.42 Å². The van der Waals surface area contributed by atoms with E-state index in [9.17, 15) is 9.59 Å². The SMILES string of the molecule is CC[C@@H](N)C(=O)NCC(C)(C)C(N)=O. The lowest BCUT2D eigenvalue weighted by atomic mass is 9.92. The largest absolute Gasteiger partial charge is 0.369 e. The van der Waals surface area contributed by atoms with E-state index in [0.717, 1.165) is 0 Å². The van der Waals surface area contributed by atoms with Gasteiger partial charge in [-0.2, -0.15) is 0 Å². The summed E-state index contributed by atoms with van der Waals surface area (Å²) in [5, 5.41) is 2.59. The number of nitrogens with two attached hydrogens (primary N) is 2. The van der Waals surface area contributed by atoms with E-state index in [2.05, 4.69) is 5.32 Å². The molecule has 14 heavy (non-hydrogen) atoms. The Morgan fingerprint density at radius 2 is 1.93 bits per heavy atom. The molecule has 5 nitrogen and oxygen atoms in total. The quantitative estimate of drug-likeness (QED) is 0.551. The average Bonchev–Trinajstić information content (AvgIpc) is 2.12. The lowest BCUT2D eigenvalue weighted by molar-refractivity contribution is -0.127. The van der Waals surface area contributed by atoms with Crippen molar-refractivity contribution in [1.82, 2.24) is 5.32 Å². The van der Waals surface area contributed by atoms with Crippen LogP contribution in [-0.2, 0) is 9.59 Å². The van der Waals surface area contributed by atoms with E-state index in [1.807, 2.05) is 6.92 Å². The third-order valence-corrected chi connectivity index (χ3v) is 2.15. The Labute approximate surface area is 84.2 Å². The summed E-state index contributed by atoms with van der Waals surface area (Å²) in [4.78, 5) is 22.2. The fraction of sp³-hybridized carbons (Fsp3) is 0.778. The van der Waals surface area contributed by atoms with Crippen molar-refractivity contribution in [3.63, 3.8) is 0 Å². The monoisotopic (exact) mass is 201 g/mol. The van der Waals surface area contributed by atoms with Crippen LogP contribution in [0.5, 0.6) is 0 Å². The highest BCUT2D eigenvalue weighted by molar-refractivity contribution is 5.84. The molecule has 82 valence electrons. The van der Waals surface area contributed by atoms with Crippen LogP contribution >= 0.6 is 0 Å². The van der Waals surface area contributed by atoms with Gasteiger partial charge >= 0.3 is 0 Å². The second-order valence-electron chi connectivity index (χ2n) is 3.98. The highest BCUT2D eigenvalue weighted by Gasteiger charge is 2.26. The smallest absolute Gasteiger partial charge is 0.236 e. The average molecular weight is 201 g/mol. The number of amides is 2. The first-order chi connectivity index (χ1) is 6.31. The molecule has 0 aliphatic rings. The molecule has 0 aromatic heterocycles. The van der Waals surface area contributed by atoms with Crippen molar-refractivity contribution in [3.8, 4) is 0 Å². The molecule has 0 rings (SSSR count). The second-order valence-corrected chi connectivity index (χ2v) is 3.98. The van der Waals surface area contributed by atoms with Crippen LogP contribution in [-0.4, -0.2) is 24.4 Å². The molecule has 0 unspecified atom stereocenters. The summed E-state index contributed by atoms with van der Waals surface area (Å²) in [5.74, 6) is -0.690. The summed E-state index contributed by atoms with van der Waals surface area (Å²) >= 11 is 0. The molecule has 0 heterocycles. The van der Waals surface area contributed by atoms with Crippen molar-refractivity contribution in [2.75, 3.05) is 6.54 Å². The van der Waals surface area contributed by atoms with Gasteiger partial charge in [0.1, 0.15) is 0 Å². The van der Waals surface area contributed by atoms with Crippen LogP contribution in [0.15, 0.2) is 0 Å². The van der Waals surface area contributed by atoms with Crippen molar-refractivity contribution >= 4 is 11.8 Å². The summed E-state index contributed by atoms with van der Waals surface area (Å²) in [5.41, 5.74) is 9.90. The van der Waals surface area contributed by atoms with Crippen molar-refractivity contribution < 1.29 is 9.59 Å². The summed E-state index contributed by atoms with van der Waals surface area (Å²) in [6, 6.07) is -0.515. The third kappa shape index (κ3) is 3.74. The molecule has 0 radical (unpaired) electrons. The fourth-order valence-electron chi connectivity index (χ4n) is 0.712. The molecular weight excluding hydrogens is 182 g/mol. The Balaban J connectivity index is 4.06.